The van der Waals surface area contributed by atoms with Crippen molar-refractivity contribution in [1.82, 2.24) is 5.32 Å². The zero-order valence-corrected chi connectivity index (χ0v) is 10.7. The molecule has 1 aromatic carbocycles. The number of hydrogen-bond donors (Lipinski definition) is 2. The quantitative estimate of drug-likeness (QED) is 0.683. The van der Waals surface area contributed by atoms with Crippen LogP contribution in [0.3, 0.4) is 0 Å². The molecular formula is C13H21NOS. The van der Waals surface area contributed by atoms with Gasteiger partial charge >= 0.3 is 0 Å². The minimum absolute atomic E-state index is 0.127. The second kappa shape index (κ2) is 8.62. The van der Waals surface area contributed by atoms with Crippen LogP contribution >= 0.6 is 11.8 Å². The van der Waals surface area contributed by atoms with Gasteiger partial charge in [0.2, 0.25) is 0 Å². The summed E-state index contributed by atoms with van der Waals surface area (Å²) in [4.78, 5) is 0. The predicted octanol–water partition coefficient (Wildman–Crippen LogP) is 2.41. The summed E-state index contributed by atoms with van der Waals surface area (Å²) in [6.07, 6.45) is 4.67. The van der Waals surface area contributed by atoms with Crippen LogP contribution in [0.2, 0.25) is 0 Å². The summed E-state index contributed by atoms with van der Waals surface area (Å²) in [6, 6.07) is 8.08. The molecule has 0 saturated heterocycles. The van der Waals surface area contributed by atoms with Gasteiger partial charge in [-0.25, -0.2) is 0 Å². The number of hydrogen-bond acceptors (Lipinski definition) is 3. The van der Waals surface area contributed by atoms with Gasteiger partial charge in [0.05, 0.1) is 6.61 Å². The molecule has 1 aromatic rings. The lowest BCUT2D eigenvalue weighted by molar-refractivity contribution is 0.281. The minimum Gasteiger partial charge on any atom is -0.392 e. The van der Waals surface area contributed by atoms with Crippen molar-refractivity contribution in [3.8, 4) is 0 Å². The molecule has 0 aliphatic rings. The molecule has 0 saturated carbocycles. The molecule has 0 atom stereocenters. The standard InChI is InChI=1S/C13H21NOS/c1-16-8-3-2-7-14-10-12-5-4-6-13(9-12)11-15/h4-6,9,14-15H,2-3,7-8,10-11H2,1H3. The van der Waals surface area contributed by atoms with E-state index < -0.39 is 0 Å². The molecule has 16 heavy (non-hydrogen) atoms. The number of aliphatic hydroxyl groups excluding tert-OH is 1. The van der Waals surface area contributed by atoms with E-state index in [0.29, 0.717) is 0 Å². The first kappa shape index (κ1) is 13.6. The van der Waals surface area contributed by atoms with Gasteiger partial charge in [-0.1, -0.05) is 24.3 Å². The number of rotatable bonds is 8. The molecule has 0 aliphatic heterocycles. The van der Waals surface area contributed by atoms with Crippen LogP contribution in [0.25, 0.3) is 0 Å². The van der Waals surface area contributed by atoms with Gasteiger partial charge in [0, 0.05) is 6.54 Å². The van der Waals surface area contributed by atoms with Gasteiger partial charge in [0.25, 0.3) is 0 Å². The monoisotopic (exact) mass is 239 g/mol. The Balaban J connectivity index is 2.16. The van der Waals surface area contributed by atoms with Crippen molar-refractivity contribution in [3.05, 3.63) is 35.4 Å². The summed E-state index contributed by atoms with van der Waals surface area (Å²) < 4.78 is 0. The molecule has 90 valence electrons. The van der Waals surface area contributed by atoms with E-state index in [1.54, 1.807) is 0 Å². The molecule has 2 nitrogen and oxygen atoms in total. The predicted molar refractivity (Wildman–Crippen MR) is 71.7 cm³/mol. The summed E-state index contributed by atoms with van der Waals surface area (Å²) in [5, 5.41) is 12.4. The molecule has 2 N–H and O–H groups in total. The van der Waals surface area contributed by atoms with Crippen LogP contribution in [-0.4, -0.2) is 23.7 Å². The van der Waals surface area contributed by atoms with Gasteiger partial charge in [0.1, 0.15) is 0 Å². The summed E-state index contributed by atoms with van der Waals surface area (Å²) in [7, 11) is 0. The summed E-state index contributed by atoms with van der Waals surface area (Å²) in [6.45, 7) is 2.10. The smallest absolute Gasteiger partial charge is 0.0681 e. The fourth-order valence-corrected chi connectivity index (χ4v) is 2.06. The number of nitrogens with one attached hydrogen (secondary N) is 1. The second-order valence-corrected chi connectivity index (χ2v) is 4.84. The first-order chi connectivity index (χ1) is 7.86. The maximum Gasteiger partial charge on any atom is 0.0681 e. The van der Waals surface area contributed by atoms with E-state index in [1.165, 1.54) is 24.2 Å². The maximum atomic E-state index is 9.01. The lowest BCUT2D eigenvalue weighted by atomic mass is 10.1. The summed E-state index contributed by atoms with van der Waals surface area (Å²) in [5.41, 5.74) is 2.23. The van der Waals surface area contributed by atoms with Crippen LogP contribution < -0.4 is 5.32 Å². The molecule has 0 fully saturated rings. The van der Waals surface area contributed by atoms with E-state index in [0.717, 1.165) is 18.7 Å². The van der Waals surface area contributed by atoms with Gasteiger partial charge in [0.15, 0.2) is 0 Å². The van der Waals surface area contributed by atoms with Crippen LogP contribution in [0, 0.1) is 0 Å². The van der Waals surface area contributed by atoms with E-state index in [1.807, 2.05) is 23.9 Å². The van der Waals surface area contributed by atoms with Crippen molar-refractivity contribution < 1.29 is 5.11 Å². The van der Waals surface area contributed by atoms with E-state index in [-0.39, 0.29) is 6.61 Å². The number of aliphatic hydroxyl groups is 1. The van der Waals surface area contributed by atoms with Crippen LogP contribution in [0.1, 0.15) is 24.0 Å². The summed E-state index contributed by atoms with van der Waals surface area (Å²) in [5.74, 6) is 1.25. The van der Waals surface area contributed by atoms with Gasteiger partial charge in [-0.15, -0.1) is 0 Å². The first-order valence-electron chi connectivity index (χ1n) is 5.75. The van der Waals surface area contributed by atoms with Gasteiger partial charge in [-0.05, 0) is 42.5 Å². The normalized spacial score (nSPS) is 10.6. The molecule has 0 unspecified atom stereocenters. The van der Waals surface area contributed by atoms with Crippen molar-refractivity contribution in [2.24, 2.45) is 0 Å². The largest absolute Gasteiger partial charge is 0.392 e. The van der Waals surface area contributed by atoms with E-state index in [9.17, 15) is 0 Å². The zero-order chi connectivity index (χ0) is 11.6. The maximum absolute atomic E-state index is 9.01. The molecule has 0 amide bonds. The Morgan fingerprint density at radius 1 is 1.25 bits per heavy atom. The van der Waals surface area contributed by atoms with Crippen molar-refractivity contribution in [2.75, 3.05) is 18.6 Å². The molecule has 0 spiro atoms. The van der Waals surface area contributed by atoms with Crippen molar-refractivity contribution >= 4 is 11.8 Å². The minimum atomic E-state index is 0.127. The molecule has 0 heterocycles. The topological polar surface area (TPSA) is 32.3 Å². The van der Waals surface area contributed by atoms with Crippen LogP contribution in [-0.2, 0) is 13.2 Å². The third-order valence-electron chi connectivity index (χ3n) is 2.46. The van der Waals surface area contributed by atoms with Crippen molar-refractivity contribution in [2.45, 2.75) is 26.0 Å². The Labute approximate surface area is 102 Å². The van der Waals surface area contributed by atoms with Gasteiger partial charge in [-0.3, -0.25) is 0 Å². The first-order valence-corrected chi connectivity index (χ1v) is 7.14. The lowest BCUT2D eigenvalue weighted by Gasteiger charge is -2.05. The lowest BCUT2D eigenvalue weighted by Crippen LogP contribution is -2.14. The number of unbranched alkanes of at least 4 members (excludes halogenated alkanes) is 1. The van der Waals surface area contributed by atoms with Crippen LogP contribution in [0.5, 0.6) is 0 Å². The van der Waals surface area contributed by atoms with Crippen molar-refractivity contribution in [3.63, 3.8) is 0 Å². The third-order valence-corrected chi connectivity index (χ3v) is 3.15. The highest BCUT2D eigenvalue weighted by Crippen LogP contribution is 2.05. The zero-order valence-electron chi connectivity index (χ0n) is 9.91. The fourth-order valence-electron chi connectivity index (χ4n) is 1.57. The van der Waals surface area contributed by atoms with Crippen molar-refractivity contribution in [1.29, 1.82) is 0 Å². The van der Waals surface area contributed by atoms with Crippen LogP contribution in [0.4, 0.5) is 0 Å². The molecule has 1 rings (SSSR count). The highest BCUT2D eigenvalue weighted by Gasteiger charge is 1.95. The highest BCUT2D eigenvalue weighted by molar-refractivity contribution is 7.98. The fraction of sp³-hybridized carbons (Fsp3) is 0.538. The molecule has 0 aromatic heterocycles. The summed E-state index contributed by atoms with van der Waals surface area (Å²) >= 11 is 1.91. The van der Waals surface area contributed by atoms with Gasteiger partial charge < -0.3 is 10.4 Å². The Hall–Kier alpha value is -0.510. The average molecular weight is 239 g/mol. The SMILES string of the molecule is CSCCCCNCc1cccc(CO)c1. The average Bonchev–Trinajstić information content (AvgIpc) is 2.34. The van der Waals surface area contributed by atoms with Crippen LogP contribution in [0.15, 0.2) is 24.3 Å². The van der Waals surface area contributed by atoms with E-state index in [4.69, 9.17) is 5.11 Å². The Morgan fingerprint density at radius 2 is 2.06 bits per heavy atom. The molecular weight excluding hydrogens is 218 g/mol. The molecule has 0 radical (unpaired) electrons. The molecule has 3 heteroatoms. The van der Waals surface area contributed by atoms with Gasteiger partial charge in [-0.2, -0.15) is 11.8 Å². The Bertz CT molecular complexity index is 291. The molecule has 0 bridgehead atoms. The highest BCUT2D eigenvalue weighted by atomic mass is 32.2. The number of benzene rings is 1. The molecule has 0 aliphatic carbocycles. The van der Waals surface area contributed by atoms with E-state index in [2.05, 4.69) is 23.7 Å². The number of thioether (sulfide) groups is 1. The van der Waals surface area contributed by atoms with E-state index >= 15 is 0 Å². The Kier molecular flexibility index (Phi) is 7.30. The third kappa shape index (κ3) is 5.54. The second-order valence-electron chi connectivity index (χ2n) is 3.85. The Morgan fingerprint density at radius 3 is 2.81 bits per heavy atom.